The summed E-state index contributed by atoms with van der Waals surface area (Å²) in [5.74, 6) is -0.271. The zero-order chi connectivity index (χ0) is 17.0. The van der Waals surface area contributed by atoms with Crippen molar-refractivity contribution in [1.82, 2.24) is 4.57 Å². The number of carbonyl (C=O) groups is 1. The molecule has 0 radical (unpaired) electrons. The normalized spacial score (nSPS) is 13.7. The molecule has 4 nitrogen and oxygen atoms in total. The van der Waals surface area contributed by atoms with Gasteiger partial charge in [-0.15, -0.1) is 0 Å². The van der Waals surface area contributed by atoms with E-state index in [0.717, 1.165) is 10.9 Å². The van der Waals surface area contributed by atoms with Crippen LogP contribution in [0, 0.1) is 0 Å². The third-order valence-electron chi connectivity index (χ3n) is 4.31. The van der Waals surface area contributed by atoms with E-state index in [1.165, 1.54) is 0 Å². The minimum absolute atomic E-state index is 0.0523. The Hall–Kier alpha value is -2.59. The summed E-state index contributed by atoms with van der Waals surface area (Å²) < 4.78 is 1.83. The Morgan fingerprint density at radius 3 is 2.67 bits per heavy atom. The first kappa shape index (κ1) is 15.0. The second-order valence-corrected chi connectivity index (χ2v) is 6.57. The van der Waals surface area contributed by atoms with Crippen LogP contribution in [0.3, 0.4) is 0 Å². The summed E-state index contributed by atoms with van der Waals surface area (Å²) in [6, 6.07) is 12.9. The lowest BCUT2D eigenvalue weighted by atomic mass is 10.0. The van der Waals surface area contributed by atoms with Gasteiger partial charge in [0.1, 0.15) is 0 Å². The van der Waals surface area contributed by atoms with Crippen molar-refractivity contribution in [1.29, 1.82) is 0 Å². The molecule has 120 valence electrons. The van der Waals surface area contributed by atoms with Gasteiger partial charge in [-0.1, -0.05) is 29.8 Å². The molecule has 4 rings (SSSR count). The highest BCUT2D eigenvalue weighted by Crippen LogP contribution is 2.38. The van der Waals surface area contributed by atoms with Crippen LogP contribution in [0.2, 0.25) is 5.02 Å². The number of hydrogen-bond donors (Lipinski definition) is 1. The molecule has 24 heavy (non-hydrogen) atoms. The first-order valence-corrected chi connectivity index (χ1v) is 8.12. The van der Waals surface area contributed by atoms with Crippen molar-refractivity contribution in [3.8, 4) is 5.88 Å². The predicted octanol–water partition coefficient (Wildman–Crippen LogP) is 2.94. The van der Waals surface area contributed by atoms with Gasteiger partial charge in [-0.2, -0.15) is 0 Å². The van der Waals surface area contributed by atoms with Gasteiger partial charge in [-0.25, -0.2) is 4.99 Å². The summed E-state index contributed by atoms with van der Waals surface area (Å²) in [4.78, 5) is 16.6. The Bertz CT molecular complexity index is 1130. The lowest BCUT2D eigenvalue weighted by Crippen LogP contribution is -2.22. The van der Waals surface area contributed by atoms with E-state index in [2.05, 4.69) is 4.99 Å². The average Bonchev–Trinajstić information content (AvgIpc) is 3.00. The zero-order valence-electron chi connectivity index (χ0n) is 13.2. The van der Waals surface area contributed by atoms with Gasteiger partial charge in [0.25, 0.3) is 5.91 Å². The van der Waals surface area contributed by atoms with Crippen molar-refractivity contribution in [2.75, 3.05) is 0 Å². The average molecular weight is 339 g/mol. The first-order valence-electron chi connectivity index (χ1n) is 7.74. The quantitative estimate of drug-likeness (QED) is 0.781. The number of para-hydroxylation sites is 1. The van der Waals surface area contributed by atoms with Crippen LogP contribution in [-0.2, 0) is 4.79 Å². The molecule has 1 N–H and O–H groups in total. The number of hydrogen-bond acceptors (Lipinski definition) is 2. The topological polar surface area (TPSA) is 54.6 Å². The number of rotatable bonds is 2. The van der Waals surface area contributed by atoms with Gasteiger partial charge in [0.05, 0.1) is 22.0 Å². The minimum Gasteiger partial charge on any atom is -0.494 e. The summed E-state index contributed by atoms with van der Waals surface area (Å²) in [6.45, 7) is 3.98. The van der Waals surface area contributed by atoms with Crippen LogP contribution in [-0.4, -0.2) is 15.6 Å². The highest BCUT2D eigenvalue weighted by atomic mass is 35.5. The molecule has 1 aromatic heterocycles. The van der Waals surface area contributed by atoms with Crippen molar-refractivity contribution in [2.45, 2.75) is 19.9 Å². The van der Waals surface area contributed by atoms with Crippen LogP contribution in [0.1, 0.15) is 25.5 Å². The molecule has 2 heterocycles. The Morgan fingerprint density at radius 2 is 1.92 bits per heavy atom. The molecule has 0 saturated heterocycles. The second kappa shape index (κ2) is 5.21. The van der Waals surface area contributed by atoms with Gasteiger partial charge in [0.2, 0.25) is 5.88 Å². The van der Waals surface area contributed by atoms with Crippen LogP contribution >= 0.6 is 11.6 Å². The highest BCUT2D eigenvalue weighted by Gasteiger charge is 2.27. The Kier molecular flexibility index (Phi) is 3.25. The van der Waals surface area contributed by atoms with E-state index >= 15 is 0 Å². The molecule has 0 unspecified atom stereocenters. The fraction of sp³-hybridized carbons (Fsp3) is 0.158. The Morgan fingerprint density at radius 1 is 1.17 bits per heavy atom. The van der Waals surface area contributed by atoms with E-state index < -0.39 is 0 Å². The number of benzene rings is 2. The molecule has 2 aromatic carbocycles. The van der Waals surface area contributed by atoms with E-state index in [-0.39, 0.29) is 17.8 Å². The largest absolute Gasteiger partial charge is 0.494 e. The number of aromatic nitrogens is 1. The lowest BCUT2D eigenvalue weighted by molar-refractivity contribution is -0.112. The Labute approximate surface area is 143 Å². The molecule has 3 aromatic rings. The molecule has 0 bridgehead atoms. The fourth-order valence-electron chi connectivity index (χ4n) is 3.35. The van der Waals surface area contributed by atoms with Crippen molar-refractivity contribution in [2.24, 2.45) is 4.99 Å². The maximum atomic E-state index is 12.6. The highest BCUT2D eigenvalue weighted by molar-refractivity contribution is 6.31. The van der Waals surface area contributed by atoms with Gasteiger partial charge in [-0.3, -0.25) is 4.79 Å². The Balaban J connectivity index is 2.20. The number of aromatic hydroxyl groups is 1. The van der Waals surface area contributed by atoms with Crippen LogP contribution < -0.4 is 10.6 Å². The SMILES string of the molecule is CC(C)n1c(O)c(C2=c3cc(Cl)ccc3=NC2=O)c2ccccc21. The molecule has 0 spiro atoms. The number of carbonyl (C=O) groups excluding carboxylic acids is 1. The van der Waals surface area contributed by atoms with Gasteiger partial charge < -0.3 is 9.67 Å². The fourth-order valence-corrected chi connectivity index (χ4v) is 3.52. The maximum Gasteiger partial charge on any atom is 0.279 e. The standard InChI is InChI=1S/C19H15ClN2O2/c1-10(2)22-15-6-4-3-5-12(15)17(19(22)24)16-13-9-11(20)7-8-14(13)21-18(16)23/h3-10,24H,1-2H3. The molecule has 1 aliphatic heterocycles. The number of nitrogens with zero attached hydrogens (tertiary/aromatic N) is 2. The van der Waals surface area contributed by atoms with Crippen molar-refractivity contribution >= 4 is 34.0 Å². The molecule has 0 atom stereocenters. The van der Waals surface area contributed by atoms with Crippen molar-refractivity contribution in [3.63, 3.8) is 0 Å². The van der Waals surface area contributed by atoms with Gasteiger partial charge in [-0.05, 0) is 38.1 Å². The molecule has 0 aliphatic carbocycles. The summed E-state index contributed by atoms with van der Waals surface area (Å²) in [6.07, 6.45) is 0. The van der Waals surface area contributed by atoms with E-state index in [4.69, 9.17) is 11.6 Å². The van der Waals surface area contributed by atoms with E-state index in [0.29, 0.717) is 26.7 Å². The lowest BCUT2D eigenvalue weighted by Gasteiger charge is -2.11. The minimum atomic E-state index is -0.353. The summed E-state index contributed by atoms with van der Waals surface area (Å²) in [5.41, 5.74) is 1.81. The number of halogens is 1. The molecule has 0 saturated carbocycles. The summed E-state index contributed by atoms with van der Waals surface area (Å²) in [5, 5.41) is 13.5. The first-order chi connectivity index (χ1) is 11.5. The van der Waals surface area contributed by atoms with Crippen molar-refractivity contribution < 1.29 is 9.90 Å². The zero-order valence-corrected chi connectivity index (χ0v) is 14.0. The van der Waals surface area contributed by atoms with Gasteiger partial charge >= 0.3 is 0 Å². The number of amides is 1. The van der Waals surface area contributed by atoms with Gasteiger partial charge in [0, 0.05) is 21.7 Å². The molecular weight excluding hydrogens is 324 g/mol. The smallest absolute Gasteiger partial charge is 0.279 e. The third kappa shape index (κ3) is 2.00. The van der Waals surface area contributed by atoms with Crippen LogP contribution in [0.5, 0.6) is 5.88 Å². The van der Waals surface area contributed by atoms with E-state index in [9.17, 15) is 9.90 Å². The van der Waals surface area contributed by atoms with Crippen LogP contribution in [0.15, 0.2) is 47.5 Å². The molecule has 1 aliphatic rings. The van der Waals surface area contributed by atoms with Gasteiger partial charge in [0.15, 0.2) is 0 Å². The van der Waals surface area contributed by atoms with Crippen LogP contribution in [0.25, 0.3) is 16.5 Å². The van der Waals surface area contributed by atoms with E-state index in [1.807, 2.05) is 42.7 Å². The molecule has 1 amide bonds. The maximum absolute atomic E-state index is 12.6. The molecule has 5 heteroatoms. The van der Waals surface area contributed by atoms with E-state index in [1.54, 1.807) is 18.2 Å². The number of fused-ring (bicyclic) bond motifs is 2. The monoisotopic (exact) mass is 338 g/mol. The summed E-state index contributed by atoms with van der Waals surface area (Å²) in [7, 11) is 0. The second-order valence-electron chi connectivity index (χ2n) is 6.13. The molecular formula is C19H15ClN2O2. The summed E-state index contributed by atoms with van der Waals surface area (Å²) >= 11 is 6.10. The third-order valence-corrected chi connectivity index (χ3v) is 4.55. The van der Waals surface area contributed by atoms with Crippen molar-refractivity contribution in [3.05, 3.63) is 63.6 Å². The van der Waals surface area contributed by atoms with Crippen LogP contribution in [0.4, 0.5) is 0 Å². The molecule has 0 fully saturated rings. The predicted molar refractivity (Wildman–Crippen MR) is 93.7 cm³/mol.